The summed E-state index contributed by atoms with van der Waals surface area (Å²) in [5.41, 5.74) is 0. The van der Waals surface area contributed by atoms with Crippen molar-refractivity contribution in [1.29, 1.82) is 0 Å². The Morgan fingerprint density at radius 2 is 2.47 bits per heavy atom. The third-order valence-corrected chi connectivity index (χ3v) is 4.57. The highest BCUT2D eigenvalue weighted by atomic mass is 32.1. The quantitative estimate of drug-likeness (QED) is 0.745. The third kappa shape index (κ3) is 2.02. The van der Waals surface area contributed by atoms with Crippen LogP contribution in [0.15, 0.2) is 6.20 Å². The van der Waals surface area contributed by atoms with E-state index < -0.39 is 0 Å². The summed E-state index contributed by atoms with van der Waals surface area (Å²) in [5, 5.41) is 10.3. The van der Waals surface area contributed by atoms with Gasteiger partial charge in [-0.15, -0.1) is 0 Å². The number of rotatable bonds is 3. The molecule has 3 rings (SSSR count). The molecule has 0 spiro atoms. The zero-order valence-electron chi connectivity index (χ0n) is 9.69. The van der Waals surface area contributed by atoms with Crippen molar-refractivity contribution in [2.45, 2.75) is 37.4 Å². The molecule has 2 saturated heterocycles. The smallest absolute Gasteiger partial charge is 0.263 e. The van der Waals surface area contributed by atoms with E-state index in [0.29, 0.717) is 23.0 Å². The van der Waals surface area contributed by atoms with Gasteiger partial charge in [0.2, 0.25) is 0 Å². The number of aromatic nitrogens is 1. The maximum Gasteiger partial charge on any atom is 0.263 e. The zero-order valence-corrected chi connectivity index (χ0v) is 10.5. The minimum absolute atomic E-state index is 0.00310. The maximum atomic E-state index is 12.0. The van der Waals surface area contributed by atoms with Gasteiger partial charge in [-0.2, -0.15) is 0 Å². The highest BCUT2D eigenvalue weighted by Gasteiger charge is 2.39. The van der Waals surface area contributed by atoms with Crippen LogP contribution in [0.3, 0.4) is 0 Å². The molecule has 3 heterocycles. The largest absolute Gasteiger partial charge is 0.365 e. The van der Waals surface area contributed by atoms with Gasteiger partial charge in [-0.3, -0.25) is 4.79 Å². The molecule has 3 N–H and O–H groups in total. The Morgan fingerprint density at radius 1 is 1.59 bits per heavy atom. The normalized spacial score (nSPS) is 30.5. The Kier molecular flexibility index (Phi) is 2.76. The lowest BCUT2D eigenvalue weighted by Gasteiger charge is -2.20. The molecule has 2 aliphatic heterocycles. The van der Waals surface area contributed by atoms with Gasteiger partial charge in [-0.05, 0) is 19.3 Å². The minimum atomic E-state index is 0.00310. The summed E-state index contributed by atoms with van der Waals surface area (Å²) in [6, 6.07) is 1.38. The van der Waals surface area contributed by atoms with Crippen molar-refractivity contribution < 1.29 is 4.79 Å². The summed E-state index contributed by atoms with van der Waals surface area (Å²) in [5.74, 6) is 0.00310. The molecule has 1 aromatic rings. The van der Waals surface area contributed by atoms with Crippen LogP contribution in [0.5, 0.6) is 0 Å². The van der Waals surface area contributed by atoms with Gasteiger partial charge in [0.1, 0.15) is 4.88 Å². The molecule has 17 heavy (non-hydrogen) atoms. The third-order valence-electron chi connectivity index (χ3n) is 3.56. The lowest BCUT2D eigenvalue weighted by atomic mass is 9.95. The van der Waals surface area contributed by atoms with Crippen molar-refractivity contribution in [3.63, 3.8) is 0 Å². The molecule has 92 valence electrons. The predicted octanol–water partition coefficient (Wildman–Crippen LogP) is 0.807. The topological polar surface area (TPSA) is 66.0 Å². The van der Waals surface area contributed by atoms with Crippen LogP contribution in [0.2, 0.25) is 0 Å². The first-order valence-electron chi connectivity index (χ1n) is 5.97. The van der Waals surface area contributed by atoms with Crippen LogP contribution in [0, 0.1) is 0 Å². The van der Waals surface area contributed by atoms with E-state index in [2.05, 4.69) is 20.9 Å². The first-order valence-corrected chi connectivity index (χ1v) is 6.78. The standard InChI is InChI=1S/C11H16N4OS/c1-12-11-13-5-9(17-11)10(16)15-8-4-6-2-3-7(8)14-6/h5-8,14H,2-4H2,1H3,(H,12,13)(H,15,16). The van der Waals surface area contributed by atoms with E-state index in [1.165, 1.54) is 24.2 Å². The molecular formula is C11H16N4OS. The summed E-state index contributed by atoms with van der Waals surface area (Å²) in [6.45, 7) is 0. The van der Waals surface area contributed by atoms with Gasteiger partial charge in [0.05, 0.1) is 6.20 Å². The molecule has 0 aliphatic carbocycles. The fraction of sp³-hybridized carbons (Fsp3) is 0.636. The summed E-state index contributed by atoms with van der Waals surface area (Å²) >= 11 is 1.39. The van der Waals surface area contributed by atoms with Crippen LogP contribution >= 0.6 is 11.3 Å². The first-order chi connectivity index (χ1) is 8.26. The summed E-state index contributed by atoms with van der Waals surface area (Å²) in [6.07, 6.45) is 5.13. The molecule has 1 amide bonds. The Bertz CT molecular complexity index is 433. The fourth-order valence-electron chi connectivity index (χ4n) is 2.72. The summed E-state index contributed by atoms with van der Waals surface area (Å²) < 4.78 is 0. The molecule has 2 bridgehead atoms. The first kappa shape index (κ1) is 11.0. The van der Waals surface area contributed by atoms with Crippen molar-refractivity contribution in [3.05, 3.63) is 11.1 Å². The Hall–Kier alpha value is -1.14. The van der Waals surface area contributed by atoms with Gasteiger partial charge in [0, 0.05) is 25.2 Å². The van der Waals surface area contributed by atoms with Crippen LogP contribution < -0.4 is 16.0 Å². The number of amides is 1. The number of hydrogen-bond acceptors (Lipinski definition) is 5. The molecule has 1 aromatic heterocycles. The number of nitrogens with one attached hydrogen (secondary N) is 3. The monoisotopic (exact) mass is 252 g/mol. The molecule has 0 aromatic carbocycles. The lowest BCUT2D eigenvalue weighted by Crippen LogP contribution is -2.42. The predicted molar refractivity (Wildman–Crippen MR) is 67.5 cm³/mol. The van der Waals surface area contributed by atoms with Crippen LogP contribution in [-0.4, -0.2) is 36.1 Å². The fourth-order valence-corrected chi connectivity index (χ4v) is 3.39. The molecule has 0 saturated carbocycles. The molecule has 3 atom stereocenters. The van der Waals surface area contributed by atoms with Crippen molar-refractivity contribution in [1.82, 2.24) is 15.6 Å². The maximum absolute atomic E-state index is 12.0. The van der Waals surface area contributed by atoms with E-state index in [1.807, 2.05) is 0 Å². The number of nitrogens with zero attached hydrogens (tertiary/aromatic N) is 1. The summed E-state index contributed by atoms with van der Waals surface area (Å²) in [7, 11) is 1.81. The molecule has 2 fully saturated rings. The van der Waals surface area contributed by atoms with Crippen molar-refractivity contribution in [2.75, 3.05) is 12.4 Å². The number of thiazole rings is 1. The van der Waals surface area contributed by atoms with Gasteiger partial charge in [-0.25, -0.2) is 4.98 Å². The van der Waals surface area contributed by atoms with Crippen LogP contribution in [0.25, 0.3) is 0 Å². The molecule has 0 radical (unpaired) electrons. The second kappa shape index (κ2) is 4.27. The highest BCUT2D eigenvalue weighted by molar-refractivity contribution is 7.17. The molecule has 6 heteroatoms. The van der Waals surface area contributed by atoms with Gasteiger partial charge in [0.25, 0.3) is 5.91 Å². The summed E-state index contributed by atoms with van der Waals surface area (Å²) in [4.78, 5) is 16.8. The number of fused-ring (bicyclic) bond motifs is 2. The van der Waals surface area contributed by atoms with Crippen molar-refractivity contribution >= 4 is 22.4 Å². The van der Waals surface area contributed by atoms with Crippen molar-refractivity contribution in [2.24, 2.45) is 0 Å². The van der Waals surface area contributed by atoms with Gasteiger partial charge < -0.3 is 16.0 Å². The lowest BCUT2D eigenvalue weighted by molar-refractivity contribution is 0.0935. The number of hydrogen-bond donors (Lipinski definition) is 3. The molecule has 2 aliphatic rings. The highest BCUT2D eigenvalue weighted by Crippen LogP contribution is 2.28. The van der Waals surface area contributed by atoms with Gasteiger partial charge in [-0.1, -0.05) is 11.3 Å². The molecule has 3 unspecified atom stereocenters. The van der Waals surface area contributed by atoms with E-state index >= 15 is 0 Å². The average Bonchev–Trinajstić information content (AvgIpc) is 3.04. The second-order valence-corrected chi connectivity index (χ2v) is 5.67. The van der Waals surface area contributed by atoms with E-state index in [1.54, 1.807) is 13.2 Å². The Balaban J connectivity index is 1.63. The van der Waals surface area contributed by atoms with Crippen LogP contribution in [0.4, 0.5) is 5.13 Å². The van der Waals surface area contributed by atoms with E-state index in [-0.39, 0.29) is 5.91 Å². The van der Waals surface area contributed by atoms with E-state index in [0.717, 1.165) is 11.6 Å². The second-order valence-electron chi connectivity index (χ2n) is 4.64. The minimum Gasteiger partial charge on any atom is -0.365 e. The molecular weight excluding hydrogens is 236 g/mol. The number of anilines is 1. The van der Waals surface area contributed by atoms with E-state index in [9.17, 15) is 4.79 Å². The Labute approximate surface area is 104 Å². The van der Waals surface area contributed by atoms with Crippen molar-refractivity contribution in [3.8, 4) is 0 Å². The van der Waals surface area contributed by atoms with Crippen LogP contribution in [-0.2, 0) is 0 Å². The zero-order chi connectivity index (χ0) is 11.8. The molecule has 5 nitrogen and oxygen atoms in total. The number of carbonyl (C=O) groups excluding carboxylic acids is 1. The number of carbonyl (C=O) groups is 1. The average molecular weight is 252 g/mol. The van der Waals surface area contributed by atoms with E-state index in [4.69, 9.17) is 0 Å². The SMILES string of the molecule is CNc1ncc(C(=O)NC2CC3CCC2N3)s1. The van der Waals surface area contributed by atoms with Gasteiger partial charge in [0.15, 0.2) is 5.13 Å². The van der Waals surface area contributed by atoms with Crippen LogP contribution in [0.1, 0.15) is 28.9 Å². The Morgan fingerprint density at radius 3 is 3.06 bits per heavy atom. The van der Waals surface area contributed by atoms with Gasteiger partial charge >= 0.3 is 0 Å².